The third-order valence-electron chi connectivity index (χ3n) is 4.91. The van der Waals surface area contributed by atoms with Crippen molar-refractivity contribution in [2.45, 2.75) is 24.7 Å². The molecule has 0 radical (unpaired) electrons. The summed E-state index contributed by atoms with van der Waals surface area (Å²) in [7, 11) is -2.11. The fourth-order valence-corrected chi connectivity index (χ4v) is 4.32. The molecule has 0 aliphatic carbocycles. The Balaban J connectivity index is 1.40. The SMILES string of the molecule is COc1ccc(S(=O)(=O)Nc2ccc(CCc3nc4ccc(C)cc4[nH]3)cc2)cc1. The molecule has 0 unspecified atom stereocenters. The molecular formula is C23H23N3O3S. The summed E-state index contributed by atoms with van der Waals surface area (Å²) in [4.78, 5) is 8.18. The van der Waals surface area contributed by atoms with Crippen LogP contribution in [0, 0.1) is 6.92 Å². The van der Waals surface area contributed by atoms with Crippen molar-refractivity contribution in [1.29, 1.82) is 0 Å². The topological polar surface area (TPSA) is 84.1 Å². The first-order chi connectivity index (χ1) is 14.4. The number of methoxy groups -OCH3 is 1. The normalized spacial score (nSPS) is 11.5. The number of nitrogens with zero attached hydrogens (tertiary/aromatic N) is 1. The summed E-state index contributed by atoms with van der Waals surface area (Å²) >= 11 is 0. The Morgan fingerprint density at radius 3 is 2.40 bits per heavy atom. The van der Waals surface area contributed by atoms with Crippen LogP contribution < -0.4 is 9.46 Å². The van der Waals surface area contributed by atoms with Crippen LogP contribution >= 0.6 is 0 Å². The highest BCUT2D eigenvalue weighted by atomic mass is 32.2. The van der Waals surface area contributed by atoms with Gasteiger partial charge in [0.05, 0.1) is 23.0 Å². The van der Waals surface area contributed by atoms with Crippen molar-refractivity contribution >= 4 is 26.7 Å². The van der Waals surface area contributed by atoms with Gasteiger partial charge in [0.2, 0.25) is 0 Å². The van der Waals surface area contributed by atoms with E-state index in [9.17, 15) is 8.42 Å². The second-order valence-electron chi connectivity index (χ2n) is 7.18. The van der Waals surface area contributed by atoms with Gasteiger partial charge in [-0.2, -0.15) is 0 Å². The van der Waals surface area contributed by atoms with E-state index < -0.39 is 10.0 Å². The van der Waals surface area contributed by atoms with Crippen LogP contribution in [0.1, 0.15) is 17.0 Å². The highest BCUT2D eigenvalue weighted by Gasteiger charge is 2.14. The van der Waals surface area contributed by atoms with E-state index in [0.717, 1.165) is 35.3 Å². The number of ether oxygens (including phenoxy) is 1. The van der Waals surface area contributed by atoms with Crippen LogP contribution in [-0.2, 0) is 22.9 Å². The zero-order valence-corrected chi connectivity index (χ0v) is 17.7. The number of aromatic nitrogens is 2. The molecule has 1 heterocycles. The summed E-state index contributed by atoms with van der Waals surface area (Å²) in [5.41, 5.74) is 4.85. The Hall–Kier alpha value is -3.32. The van der Waals surface area contributed by atoms with Gasteiger partial charge in [-0.05, 0) is 73.0 Å². The van der Waals surface area contributed by atoms with Crippen molar-refractivity contribution < 1.29 is 13.2 Å². The predicted molar refractivity (Wildman–Crippen MR) is 118 cm³/mol. The van der Waals surface area contributed by atoms with E-state index in [2.05, 4.69) is 33.7 Å². The molecule has 3 aromatic carbocycles. The second-order valence-corrected chi connectivity index (χ2v) is 8.86. The molecule has 0 saturated carbocycles. The first-order valence-corrected chi connectivity index (χ1v) is 11.1. The number of sulfonamides is 1. The summed E-state index contributed by atoms with van der Waals surface area (Å²) < 4.78 is 32.8. The number of fused-ring (bicyclic) bond motifs is 1. The van der Waals surface area contributed by atoms with Crippen LogP contribution in [0.25, 0.3) is 11.0 Å². The first kappa shape index (κ1) is 20.0. The van der Waals surface area contributed by atoms with Crippen LogP contribution in [0.3, 0.4) is 0 Å². The molecule has 154 valence electrons. The Bertz CT molecular complexity index is 1260. The number of nitrogens with one attached hydrogen (secondary N) is 2. The van der Waals surface area contributed by atoms with E-state index in [1.807, 2.05) is 18.2 Å². The van der Waals surface area contributed by atoms with Crippen LogP contribution in [0.2, 0.25) is 0 Å². The van der Waals surface area contributed by atoms with Crippen molar-refractivity contribution in [3.05, 3.63) is 83.7 Å². The summed E-state index contributed by atoms with van der Waals surface area (Å²) in [5.74, 6) is 1.55. The number of aryl methyl sites for hydroxylation is 3. The van der Waals surface area contributed by atoms with Crippen LogP contribution in [0.4, 0.5) is 5.69 Å². The Morgan fingerprint density at radius 1 is 0.967 bits per heavy atom. The fourth-order valence-electron chi connectivity index (χ4n) is 3.27. The van der Waals surface area contributed by atoms with Gasteiger partial charge in [0.1, 0.15) is 11.6 Å². The molecule has 0 aliphatic rings. The van der Waals surface area contributed by atoms with Crippen molar-refractivity contribution in [2.24, 2.45) is 0 Å². The maximum Gasteiger partial charge on any atom is 0.261 e. The van der Waals surface area contributed by atoms with Crippen LogP contribution in [0.5, 0.6) is 5.75 Å². The Kier molecular flexibility index (Phi) is 5.46. The third kappa shape index (κ3) is 4.46. The maximum atomic E-state index is 12.5. The smallest absolute Gasteiger partial charge is 0.261 e. The van der Waals surface area contributed by atoms with Crippen LogP contribution in [0.15, 0.2) is 71.6 Å². The zero-order chi connectivity index (χ0) is 21.1. The Labute approximate surface area is 176 Å². The third-order valence-corrected chi connectivity index (χ3v) is 6.31. The van der Waals surface area contributed by atoms with E-state index in [4.69, 9.17) is 4.74 Å². The van der Waals surface area contributed by atoms with Gasteiger partial charge in [-0.25, -0.2) is 13.4 Å². The number of aromatic amines is 1. The lowest BCUT2D eigenvalue weighted by atomic mass is 10.1. The fraction of sp³-hybridized carbons (Fsp3) is 0.174. The summed E-state index contributed by atoms with van der Waals surface area (Å²) in [5, 5.41) is 0. The lowest BCUT2D eigenvalue weighted by Crippen LogP contribution is -2.12. The van der Waals surface area contributed by atoms with Gasteiger partial charge < -0.3 is 9.72 Å². The quantitative estimate of drug-likeness (QED) is 0.461. The van der Waals surface area contributed by atoms with Gasteiger partial charge in [0.15, 0.2) is 0 Å². The van der Waals surface area contributed by atoms with Crippen molar-refractivity contribution in [3.8, 4) is 5.75 Å². The molecule has 0 atom stereocenters. The molecule has 7 heteroatoms. The first-order valence-electron chi connectivity index (χ1n) is 9.64. The molecule has 1 aromatic heterocycles. The van der Waals surface area contributed by atoms with Crippen molar-refractivity contribution in [3.63, 3.8) is 0 Å². The standard InChI is InChI=1S/C23H23N3O3S/c1-16-3-13-21-22(15-16)25-23(24-21)14-6-17-4-7-18(8-5-17)26-30(27,28)20-11-9-19(29-2)10-12-20/h3-5,7-13,15,26H,6,14H2,1-2H3,(H,24,25). The van der Waals surface area contributed by atoms with E-state index in [0.29, 0.717) is 11.4 Å². The molecule has 6 nitrogen and oxygen atoms in total. The molecule has 0 spiro atoms. The lowest BCUT2D eigenvalue weighted by molar-refractivity contribution is 0.414. The average molecular weight is 422 g/mol. The second kappa shape index (κ2) is 8.20. The minimum atomic E-state index is -3.65. The van der Waals surface area contributed by atoms with Crippen molar-refractivity contribution in [1.82, 2.24) is 9.97 Å². The highest BCUT2D eigenvalue weighted by molar-refractivity contribution is 7.92. The van der Waals surface area contributed by atoms with Gasteiger partial charge in [-0.1, -0.05) is 18.2 Å². The van der Waals surface area contributed by atoms with Crippen LogP contribution in [-0.4, -0.2) is 25.5 Å². The number of hydrogen-bond acceptors (Lipinski definition) is 4. The number of H-pyrrole nitrogens is 1. The van der Waals surface area contributed by atoms with E-state index in [1.165, 1.54) is 17.7 Å². The van der Waals surface area contributed by atoms with Gasteiger partial charge in [-0.15, -0.1) is 0 Å². The molecule has 0 bridgehead atoms. The molecule has 4 aromatic rings. The molecule has 0 fully saturated rings. The van der Waals surface area contributed by atoms with E-state index in [1.54, 1.807) is 31.4 Å². The number of rotatable bonds is 7. The average Bonchev–Trinajstić information content (AvgIpc) is 3.15. The monoisotopic (exact) mass is 421 g/mol. The molecule has 30 heavy (non-hydrogen) atoms. The van der Waals surface area contributed by atoms with Gasteiger partial charge >= 0.3 is 0 Å². The van der Waals surface area contributed by atoms with Gasteiger partial charge in [0.25, 0.3) is 10.0 Å². The molecule has 4 rings (SSSR count). The number of anilines is 1. The number of imidazole rings is 1. The largest absolute Gasteiger partial charge is 0.497 e. The molecule has 0 saturated heterocycles. The number of benzene rings is 3. The van der Waals surface area contributed by atoms with Crippen molar-refractivity contribution in [2.75, 3.05) is 11.8 Å². The minimum absolute atomic E-state index is 0.187. The lowest BCUT2D eigenvalue weighted by Gasteiger charge is -2.09. The molecule has 0 amide bonds. The summed E-state index contributed by atoms with van der Waals surface area (Å²) in [6.45, 7) is 2.06. The highest BCUT2D eigenvalue weighted by Crippen LogP contribution is 2.20. The van der Waals surface area contributed by atoms with Gasteiger partial charge in [-0.3, -0.25) is 4.72 Å². The number of hydrogen-bond donors (Lipinski definition) is 2. The molecule has 2 N–H and O–H groups in total. The Morgan fingerprint density at radius 2 is 1.70 bits per heavy atom. The minimum Gasteiger partial charge on any atom is -0.497 e. The summed E-state index contributed by atoms with van der Waals surface area (Å²) in [6.07, 6.45) is 1.59. The van der Waals surface area contributed by atoms with Gasteiger partial charge in [0, 0.05) is 12.1 Å². The molecule has 0 aliphatic heterocycles. The maximum absolute atomic E-state index is 12.5. The zero-order valence-electron chi connectivity index (χ0n) is 16.8. The molecular weight excluding hydrogens is 398 g/mol. The predicted octanol–water partition coefficient (Wildman–Crippen LogP) is 4.47. The van der Waals surface area contributed by atoms with E-state index in [-0.39, 0.29) is 4.90 Å². The van der Waals surface area contributed by atoms with E-state index >= 15 is 0 Å². The summed E-state index contributed by atoms with van der Waals surface area (Å²) in [6, 6.07) is 19.9.